The Labute approximate surface area is 135 Å². The average molecular weight is 325 g/mol. The van der Waals surface area contributed by atoms with Crippen LogP contribution in [0.1, 0.15) is 32.3 Å². The van der Waals surface area contributed by atoms with Crippen molar-refractivity contribution < 1.29 is 19.4 Å². The van der Waals surface area contributed by atoms with Crippen molar-refractivity contribution in [3.63, 3.8) is 0 Å². The highest BCUT2D eigenvalue weighted by Gasteiger charge is 2.25. The van der Waals surface area contributed by atoms with E-state index in [0.717, 1.165) is 5.56 Å². The minimum Gasteiger partial charge on any atom is -0.481 e. The van der Waals surface area contributed by atoms with Gasteiger partial charge in [-0.25, -0.2) is 4.79 Å². The highest BCUT2D eigenvalue weighted by molar-refractivity contribution is 7.99. The Morgan fingerprint density at radius 2 is 1.95 bits per heavy atom. The molecule has 1 aromatic carbocycles. The lowest BCUT2D eigenvalue weighted by atomic mass is 10.0. The summed E-state index contributed by atoms with van der Waals surface area (Å²) in [5.74, 6) is -0.940. The fourth-order valence-corrected chi connectivity index (χ4v) is 2.36. The van der Waals surface area contributed by atoms with Crippen LogP contribution in [0.3, 0.4) is 0 Å². The minimum absolute atomic E-state index is 0.118. The molecule has 0 fully saturated rings. The number of aliphatic carboxylic acids is 1. The average Bonchev–Trinajstić information content (AvgIpc) is 2.45. The second kappa shape index (κ2) is 8.68. The number of carbonyl (C=O) groups is 2. The number of hydrogen-bond acceptors (Lipinski definition) is 4. The molecule has 0 aliphatic rings. The molecule has 0 aromatic heterocycles. The number of ether oxygens (including phenoxy) is 1. The number of amides is 1. The highest BCUT2D eigenvalue weighted by Crippen LogP contribution is 2.27. The van der Waals surface area contributed by atoms with E-state index in [2.05, 4.69) is 5.32 Å². The number of carbonyl (C=O) groups excluding carboxylic acids is 1. The number of carboxylic acid groups (broad SMARTS) is 1. The standard InChI is InChI=1S/C16H23NO4S/c1-16(2,22-3)10-13(9-14(18)19)17-15(20)21-11-12-7-5-4-6-8-12/h4-8,13H,9-11H2,1-3H3,(H,17,20)(H,18,19). The van der Waals surface area contributed by atoms with Crippen LogP contribution in [-0.4, -0.2) is 34.2 Å². The van der Waals surface area contributed by atoms with E-state index in [-0.39, 0.29) is 17.8 Å². The van der Waals surface area contributed by atoms with Gasteiger partial charge in [0.25, 0.3) is 0 Å². The fraction of sp³-hybridized carbons (Fsp3) is 0.500. The summed E-state index contributed by atoms with van der Waals surface area (Å²) in [6.07, 6.45) is 1.81. The van der Waals surface area contributed by atoms with Crippen LogP contribution in [0, 0.1) is 0 Å². The van der Waals surface area contributed by atoms with Crippen molar-refractivity contribution >= 4 is 23.8 Å². The van der Waals surface area contributed by atoms with Gasteiger partial charge in [0.1, 0.15) is 6.61 Å². The number of hydrogen-bond donors (Lipinski definition) is 2. The van der Waals surface area contributed by atoms with E-state index in [1.165, 1.54) is 0 Å². The Morgan fingerprint density at radius 1 is 1.32 bits per heavy atom. The summed E-state index contributed by atoms with van der Waals surface area (Å²) in [5.41, 5.74) is 0.886. The van der Waals surface area contributed by atoms with E-state index in [1.807, 2.05) is 50.4 Å². The van der Waals surface area contributed by atoms with Crippen LogP contribution in [0.5, 0.6) is 0 Å². The summed E-state index contributed by atoms with van der Waals surface area (Å²) in [7, 11) is 0. The number of thioether (sulfide) groups is 1. The molecule has 0 saturated heterocycles. The first kappa shape index (κ1) is 18.4. The summed E-state index contributed by atoms with van der Waals surface area (Å²) in [5, 5.41) is 11.6. The van der Waals surface area contributed by atoms with Gasteiger partial charge >= 0.3 is 12.1 Å². The number of nitrogens with one attached hydrogen (secondary N) is 1. The maximum Gasteiger partial charge on any atom is 0.407 e. The lowest BCUT2D eigenvalue weighted by Gasteiger charge is -2.27. The van der Waals surface area contributed by atoms with Gasteiger partial charge in [0, 0.05) is 10.8 Å². The molecule has 1 aromatic rings. The Morgan fingerprint density at radius 3 is 2.50 bits per heavy atom. The van der Waals surface area contributed by atoms with Crippen molar-refractivity contribution in [1.29, 1.82) is 0 Å². The molecular weight excluding hydrogens is 302 g/mol. The van der Waals surface area contributed by atoms with Crippen molar-refractivity contribution in [3.8, 4) is 0 Å². The zero-order valence-corrected chi connectivity index (χ0v) is 14.0. The topological polar surface area (TPSA) is 75.6 Å². The smallest absolute Gasteiger partial charge is 0.407 e. The van der Waals surface area contributed by atoms with Gasteiger partial charge in [-0.15, -0.1) is 0 Å². The third-order valence-electron chi connectivity index (χ3n) is 3.25. The Bertz CT molecular complexity index is 490. The van der Waals surface area contributed by atoms with Crippen molar-refractivity contribution in [1.82, 2.24) is 5.32 Å². The molecule has 0 saturated carbocycles. The summed E-state index contributed by atoms with van der Waals surface area (Å²) in [6.45, 7) is 4.20. The van der Waals surface area contributed by atoms with Crippen LogP contribution in [0.15, 0.2) is 30.3 Å². The molecular formula is C16H23NO4S. The molecule has 6 heteroatoms. The van der Waals surface area contributed by atoms with E-state index in [9.17, 15) is 9.59 Å². The summed E-state index contributed by atoms with van der Waals surface area (Å²) < 4.78 is 5.02. The van der Waals surface area contributed by atoms with Gasteiger partial charge in [-0.3, -0.25) is 4.79 Å². The molecule has 0 bridgehead atoms. The lowest BCUT2D eigenvalue weighted by Crippen LogP contribution is -2.40. The van der Waals surface area contributed by atoms with E-state index in [0.29, 0.717) is 6.42 Å². The molecule has 1 unspecified atom stereocenters. The Balaban J connectivity index is 2.53. The van der Waals surface area contributed by atoms with Gasteiger partial charge < -0.3 is 15.2 Å². The molecule has 0 heterocycles. The molecule has 1 amide bonds. The van der Waals surface area contributed by atoms with Gasteiger partial charge in [0.2, 0.25) is 0 Å². The molecule has 1 atom stereocenters. The normalized spacial score (nSPS) is 12.5. The van der Waals surface area contributed by atoms with Crippen molar-refractivity contribution in [2.24, 2.45) is 0 Å². The number of rotatable bonds is 8. The summed E-state index contributed by atoms with van der Waals surface area (Å²) in [4.78, 5) is 22.8. The van der Waals surface area contributed by atoms with Crippen molar-refractivity contribution in [3.05, 3.63) is 35.9 Å². The third-order valence-corrected chi connectivity index (χ3v) is 4.52. The fourth-order valence-electron chi connectivity index (χ4n) is 1.99. The molecule has 0 aliphatic carbocycles. The first-order valence-corrected chi connectivity index (χ1v) is 8.29. The van der Waals surface area contributed by atoms with Gasteiger partial charge in [-0.05, 0) is 18.2 Å². The van der Waals surface area contributed by atoms with Crippen LogP contribution in [0.25, 0.3) is 0 Å². The van der Waals surface area contributed by atoms with Gasteiger partial charge in [-0.2, -0.15) is 11.8 Å². The van der Waals surface area contributed by atoms with Crippen LogP contribution in [0.4, 0.5) is 4.79 Å². The zero-order valence-electron chi connectivity index (χ0n) is 13.2. The van der Waals surface area contributed by atoms with Crippen LogP contribution in [-0.2, 0) is 16.1 Å². The molecule has 0 radical (unpaired) electrons. The third kappa shape index (κ3) is 7.36. The maximum atomic E-state index is 11.8. The van der Waals surface area contributed by atoms with Gasteiger partial charge in [0.15, 0.2) is 0 Å². The van der Waals surface area contributed by atoms with Crippen LogP contribution in [0.2, 0.25) is 0 Å². The first-order valence-electron chi connectivity index (χ1n) is 7.06. The Hall–Kier alpha value is -1.69. The molecule has 0 spiro atoms. The van der Waals surface area contributed by atoms with Gasteiger partial charge in [0.05, 0.1) is 6.42 Å². The summed E-state index contributed by atoms with van der Waals surface area (Å²) in [6, 6.07) is 8.88. The van der Waals surface area contributed by atoms with E-state index >= 15 is 0 Å². The molecule has 1 rings (SSSR count). The molecule has 0 aliphatic heterocycles. The second-order valence-electron chi connectivity index (χ2n) is 5.67. The minimum atomic E-state index is -0.940. The quantitative estimate of drug-likeness (QED) is 0.767. The van der Waals surface area contributed by atoms with Crippen LogP contribution < -0.4 is 5.32 Å². The predicted molar refractivity (Wildman–Crippen MR) is 88.0 cm³/mol. The maximum absolute atomic E-state index is 11.8. The Kier molecular flexibility index (Phi) is 7.24. The monoisotopic (exact) mass is 325 g/mol. The van der Waals surface area contributed by atoms with Crippen molar-refractivity contribution in [2.75, 3.05) is 6.26 Å². The lowest BCUT2D eigenvalue weighted by molar-refractivity contribution is -0.137. The van der Waals surface area contributed by atoms with E-state index in [4.69, 9.17) is 9.84 Å². The van der Waals surface area contributed by atoms with Crippen LogP contribution >= 0.6 is 11.8 Å². The number of carboxylic acids is 1. The second-order valence-corrected chi connectivity index (χ2v) is 7.18. The summed E-state index contributed by atoms with van der Waals surface area (Å²) >= 11 is 1.63. The predicted octanol–water partition coefficient (Wildman–Crippen LogP) is 3.29. The molecule has 2 N–H and O–H groups in total. The zero-order chi connectivity index (χ0) is 16.6. The van der Waals surface area contributed by atoms with Crippen molar-refractivity contribution in [2.45, 2.75) is 44.1 Å². The molecule has 122 valence electrons. The number of benzene rings is 1. The SMILES string of the molecule is CSC(C)(C)CC(CC(=O)O)NC(=O)OCc1ccccc1. The van der Waals surface area contributed by atoms with E-state index < -0.39 is 18.1 Å². The van der Waals surface area contributed by atoms with E-state index in [1.54, 1.807) is 11.8 Å². The first-order chi connectivity index (χ1) is 10.3. The number of alkyl carbamates (subject to hydrolysis) is 1. The highest BCUT2D eigenvalue weighted by atomic mass is 32.2. The largest absolute Gasteiger partial charge is 0.481 e. The van der Waals surface area contributed by atoms with Gasteiger partial charge in [-0.1, -0.05) is 44.2 Å². The molecule has 5 nitrogen and oxygen atoms in total. The molecule has 22 heavy (non-hydrogen) atoms.